The van der Waals surface area contributed by atoms with E-state index in [1.54, 1.807) is 0 Å². The van der Waals surface area contributed by atoms with Gasteiger partial charge in [-0.05, 0) is 0 Å². The van der Waals surface area contributed by atoms with Crippen LogP contribution in [0.5, 0.6) is 0 Å². The molecule has 0 saturated carbocycles. The number of esters is 1. The molecule has 0 fully saturated rings. The Bertz CT molecular complexity index is 175. The number of ether oxygens (including phenoxy) is 1. The Kier molecular flexibility index (Phi) is 4.55. The molecule has 0 aromatic carbocycles. The quantitative estimate of drug-likeness (QED) is 0.435. The highest BCUT2D eigenvalue weighted by Crippen LogP contribution is 1.75. The number of aliphatic carboxylic acids is 1. The van der Waals surface area contributed by atoms with Crippen molar-refractivity contribution in [3.8, 4) is 0 Å². The van der Waals surface area contributed by atoms with Crippen molar-refractivity contribution >= 4 is 11.9 Å². The van der Waals surface area contributed by atoms with Crippen LogP contribution < -0.4 is 5.32 Å². The van der Waals surface area contributed by atoms with E-state index < -0.39 is 11.9 Å². The minimum atomic E-state index is -0.975. The maximum atomic E-state index is 10.1. The molecule has 0 aromatic rings. The molecule has 0 radical (unpaired) electrons. The Morgan fingerprint density at radius 2 is 2.27 bits per heavy atom. The number of hydrogen-bond donors (Lipinski definition) is 2. The van der Waals surface area contributed by atoms with Crippen molar-refractivity contribution in [1.82, 2.24) is 5.32 Å². The molecule has 0 bridgehead atoms. The van der Waals surface area contributed by atoms with Gasteiger partial charge in [-0.25, -0.2) is 0 Å². The first-order valence-corrected chi connectivity index (χ1v) is 2.90. The molecule has 0 heterocycles. The van der Waals surface area contributed by atoms with Gasteiger partial charge in [-0.3, -0.25) is 9.59 Å². The Balaban J connectivity index is 3.30. The zero-order valence-corrected chi connectivity index (χ0v) is 6.03. The van der Waals surface area contributed by atoms with Crippen molar-refractivity contribution in [1.29, 1.82) is 0 Å². The van der Waals surface area contributed by atoms with E-state index in [0.717, 1.165) is 6.26 Å². The van der Waals surface area contributed by atoms with Crippen LogP contribution in [0.4, 0.5) is 0 Å². The van der Waals surface area contributed by atoms with Gasteiger partial charge in [-0.1, -0.05) is 0 Å². The lowest BCUT2D eigenvalue weighted by Gasteiger charge is -1.93. The van der Waals surface area contributed by atoms with Gasteiger partial charge in [0.2, 0.25) is 0 Å². The summed E-state index contributed by atoms with van der Waals surface area (Å²) in [6.07, 6.45) is 2.33. The first kappa shape index (κ1) is 9.48. The average Bonchev–Trinajstić information content (AvgIpc) is 1.85. The van der Waals surface area contributed by atoms with Gasteiger partial charge < -0.3 is 15.2 Å². The van der Waals surface area contributed by atoms with Crippen LogP contribution in [0.25, 0.3) is 0 Å². The summed E-state index contributed by atoms with van der Waals surface area (Å²) in [6, 6.07) is 0. The summed E-state index contributed by atoms with van der Waals surface area (Å²) in [5.41, 5.74) is 0. The van der Waals surface area contributed by atoms with Gasteiger partial charge in [0.05, 0.1) is 0 Å². The van der Waals surface area contributed by atoms with Gasteiger partial charge in [0.1, 0.15) is 12.8 Å². The predicted molar refractivity (Wildman–Crippen MR) is 36.5 cm³/mol. The van der Waals surface area contributed by atoms with Crippen molar-refractivity contribution in [2.45, 2.75) is 6.92 Å². The van der Waals surface area contributed by atoms with Crippen molar-refractivity contribution < 1.29 is 19.4 Å². The van der Waals surface area contributed by atoms with E-state index in [1.165, 1.54) is 13.1 Å². The lowest BCUT2D eigenvalue weighted by molar-refractivity contribution is -0.136. The second-order valence-corrected chi connectivity index (χ2v) is 1.69. The summed E-state index contributed by atoms with van der Waals surface area (Å²) >= 11 is 0. The molecule has 2 N–H and O–H groups in total. The van der Waals surface area contributed by atoms with Gasteiger partial charge >= 0.3 is 11.9 Å². The van der Waals surface area contributed by atoms with E-state index in [2.05, 4.69) is 10.1 Å². The fraction of sp³-hybridized carbons (Fsp3) is 0.333. The lowest BCUT2D eigenvalue weighted by Crippen LogP contribution is -2.16. The summed E-state index contributed by atoms with van der Waals surface area (Å²) in [5.74, 6) is -1.42. The summed E-state index contributed by atoms with van der Waals surface area (Å²) < 4.78 is 4.35. The normalized spacial score (nSPS) is 9.55. The Labute approximate surface area is 63.7 Å². The monoisotopic (exact) mass is 159 g/mol. The Morgan fingerprint density at radius 3 is 2.73 bits per heavy atom. The van der Waals surface area contributed by atoms with Crippen LogP contribution in [0.1, 0.15) is 6.92 Å². The van der Waals surface area contributed by atoms with E-state index >= 15 is 0 Å². The molecule has 0 aliphatic rings. The summed E-state index contributed by atoms with van der Waals surface area (Å²) in [4.78, 5) is 20.0. The van der Waals surface area contributed by atoms with E-state index in [9.17, 15) is 9.59 Å². The number of rotatable bonds is 4. The molecule has 0 rings (SSSR count). The maximum Gasteiger partial charge on any atom is 0.322 e. The van der Waals surface area contributed by atoms with Crippen LogP contribution in [-0.4, -0.2) is 23.6 Å². The van der Waals surface area contributed by atoms with E-state index in [4.69, 9.17) is 5.11 Å². The molecular formula is C6H9NO4. The van der Waals surface area contributed by atoms with Crippen molar-refractivity contribution in [3.05, 3.63) is 12.5 Å². The first-order valence-electron chi connectivity index (χ1n) is 2.90. The molecular weight excluding hydrogens is 150 g/mol. The third-order valence-corrected chi connectivity index (χ3v) is 0.673. The highest BCUT2D eigenvalue weighted by molar-refractivity contribution is 5.69. The average molecular weight is 159 g/mol. The van der Waals surface area contributed by atoms with Crippen LogP contribution in [0.2, 0.25) is 0 Å². The van der Waals surface area contributed by atoms with E-state index in [-0.39, 0.29) is 6.54 Å². The van der Waals surface area contributed by atoms with Crippen molar-refractivity contribution in [2.24, 2.45) is 0 Å². The van der Waals surface area contributed by atoms with Crippen LogP contribution in [0, 0.1) is 0 Å². The molecule has 0 aliphatic heterocycles. The molecule has 62 valence electrons. The number of hydrogen-bond acceptors (Lipinski definition) is 4. The van der Waals surface area contributed by atoms with E-state index in [0.29, 0.717) is 0 Å². The standard InChI is InChI=1S/C6H9NO4/c1-5(8)11-3-2-7-4-6(9)10/h2-3,7H,4H2,1H3,(H,9,10). The lowest BCUT2D eigenvalue weighted by atomic mass is 10.6. The summed E-state index contributed by atoms with van der Waals surface area (Å²) in [5, 5.41) is 10.5. The Morgan fingerprint density at radius 1 is 1.64 bits per heavy atom. The topological polar surface area (TPSA) is 75.6 Å². The molecule has 11 heavy (non-hydrogen) atoms. The second kappa shape index (κ2) is 5.28. The Hall–Kier alpha value is -1.52. The van der Waals surface area contributed by atoms with Gasteiger partial charge in [0.25, 0.3) is 0 Å². The van der Waals surface area contributed by atoms with Gasteiger partial charge in [0, 0.05) is 13.1 Å². The van der Waals surface area contributed by atoms with Crippen LogP contribution >= 0.6 is 0 Å². The third-order valence-electron chi connectivity index (χ3n) is 0.673. The largest absolute Gasteiger partial charge is 0.480 e. The minimum absolute atomic E-state index is 0.197. The highest BCUT2D eigenvalue weighted by Gasteiger charge is 1.89. The number of carboxylic acid groups (broad SMARTS) is 1. The molecule has 0 atom stereocenters. The van der Waals surface area contributed by atoms with Crippen molar-refractivity contribution in [3.63, 3.8) is 0 Å². The molecule has 0 aliphatic carbocycles. The summed E-state index contributed by atoms with van der Waals surface area (Å²) in [7, 11) is 0. The first-order chi connectivity index (χ1) is 5.13. The van der Waals surface area contributed by atoms with Gasteiger partial charge in [0.15, 0.2) is 0 Å². The minimum Gasteiger partial charge on any atom is -0.480 e. The zero-order chi connectivity index (χ0) is 8.69. The maximum absolute atomic E-state index is 10.1. The molecule has 5 heteroatoms. The predicted octanol–water partition coefficient (Wildman–Crippen LogP) is -0.305. The van der Waals surface area contributed by atoms with Gasteiger partial charge in [-0.15, -0.1) is 0 Å². The SMILES string of the molecule is CC(=O)OC=CNCC(=O)O. The van der Waals surface area contributed by atoms with Crippen LogP contribution in [0.3, 0.4) is 0 Å². The van der Waals surface area contributed by atoms with Crippen LogP contribution in [0.15, 0.2) is 12.5 Å². The highest BCUT2D eigenvalue weighted by atomic mass is 16.5. The molecule has 0 spiro atoms. The summed E-state index contributed by atoms with van der Waals surface area (Å²) in [6.45, 7) is 1.05. The van der Waals surface area contributed by atoms with Crippen LogP contribution in [-0.2, 0) is 14.3 Å². The van der Waals surface area contributed by atoms with Crippen molar-refractivity contribution in [2.75, 3.05) is 6.54 Å². The number of carbonyl (C=O) groups is 2. The second-order valence-electron chi connectivity index (χ2n) is 1.69. The molecule has 0 amide bonds. The number of nitrogens with one attached hydrogen (secondary N) is 1. The smallest absolute Gasteiger partial charge is 0.322 e. The molecule has 0 saturated heterocycles. The van der Waals surface area contributed by atoms with E-state index in [1.807, 2.05) is 0 Å². The fourth-order valence-corrected chi connectivity index (χ4v) is 0.324. The molecule has 0 unspecified atom stereocenters. The molecule has 0 aromatic heterocycles. The molecule has 5 nitrogen and oxygen atoms in total. The third kappa shape index (κ3) is 8.48. The fourth-order valence-electron chi connectivity index (χ4n) is 0.324. The van der Waals surface area contributed by atoms with Gasteiger partial charge in [-0.2, -0.15) is 0 Å². The zero-order valence-electron chi connectivity index (χ0n) is 6.03. The number of carbonyl (C=O) groups excluding carboxylic acids is 1. The number of carboxylic acids is 1.